The van der Waals surface area contributed by atoms with Gasteiger partial charge in [-0.15, -0.1) is 0 Å². The third-order valence-electron chi connectivity index (χ3n) is 4.28. The van der Waals surface area contributed by atoms with E-state index in [1.165, 1.54) is 5.56 Å². The summed E-state index contributed by atoms with van der Waals surface area (Å²) < 4.78 is 1.98. The highest BCUT2D eigenvalue weighted by molar-refractivity contribution is 9.11. The van der Waals surface area contributed by atoms with Crippen LogP contribution in [-0.4, -0.2) is 5.11 Å². The van der Waals surface area contributed by atoms with E-state index in [1.54, 1.807) is 0 Å². The lowest BCUT2D eigenvalue weighted by atomic mass is 9.79. The molecule has 2 N–H and O–H groups in total. The van der Waals surface area contributed by atoms with Gasteiger partial charge in [0.2, 0.25) is 0 Å². The van der Waals surface area contributed by atoms with Gasteiger partial charge in [-0.3, -0.25) is 0 Å². The van der Waals surface area contributed by atoms with Gasteiger partial charge in [0, 0.05) is 21.1 Å². The molecular formula is C21H27Br2NO. The van der Waals surface area contributed by atoms with Gasteiger partial charge >= 0.3 is 0 Å². The van der Waals surface area contributed by atoms with Crippen molar-refractivity contribution < 1.29 is 5.11 Å². The highest BCUT2D eigenvalue weighted by Crippen LogP contribution is 2.38. The second-order valence-electron chi connectivity index (χ2n) is 8.48. The van der Waals surface area contributed by atoms with Crippen molar-refractivity contribution in [2.45, 2.75) is 58.9 Å². The Balaban J connectivity index is 2.46. The predicted molar refractivity (Wildman–Crippen MR) is 115 cm³/mol. The zero-order valence-electron chi connectivity index (χ0n) is 15.8. The molecule has 25 heavy (non-hydrogen) atoms. The standard InChI is InChI=1S/C21H27Br2NO/c1-20(2,3)14-10-13(19(25)15(11-14)21(4,5)6)12-24-18-16(22)8-7-9-17(18)23/h7-11,24-25H,12H2,1-6H3. The smallest absolute Gasteiger partial charge is 0.124 e. The van der Waals surface area contributed by atoms with E-state index in [0.717, 1.165) is 25.8 Å². The minimum absolute atomic E-state index is 0.0242. The van der Waals surface area contributed by atoms with Gasteiger partial charge in [-0.2, -0.15) is 0 Å². The molecule has 136 valence electrons. The lowest BCUT2D eigenvalue weighted by Gasteiger charge is -2.27. The number of aromatic hydroxyl groups is 1. The van der Waals surface area contributed by atoms with Gasteiger partial charge in [0.25, 0.3) is 0 Å². The summed E-state index contributed by atoms with van der Waals surface area (Å²) in [7, 11) is 0. The molecule has 0 aliphatic carbocycles. The molecule has 0 aliphatic heterocycles. The summed E-state index contributed by atoms with van der Waals surface area (Å²) in [6.45, 7) is 13.6. The minimum atomic E-state index is -0.117. The van der Waals surface area contributed by atoms with Crippen LogP contribution in [0.2, 0.25) is 0 Å². The van der Waals surface area contributed by atoms with Gasteiger partial charge in [0.05, 0.1) is 5.69 Å². The second kappa shape index (κ2) is 7.32. The Hall–Kier alpha value is -1.00. The fourth-order valence-electron chi connectivity index (χ4n) is 2.68. The maximum atomic E-state index is 10.9. The number of phenolic OH excluding ortho intramolecular Hbond substituents is 1. The number of hydrogen-bond acceptors (Lipinski definition) is 2. The van der Waals surface area contributed by atoms with Gasteiger partial charge in [-0.05, 0) is 72.0 Å². The maximum absolute atomic E-state index is 10.9. The highest BCUT2D eigenvalue weighted by atomic mass is 79.9. The predicted octanol–water partition coefficient (Wildman–Crippen LogP) is 7.12. The number of halogens is 2. The molecule has 0 radical (unpaired) electrons. The van der Waals surface area contributed by atoms with Crippen molar-refractivity contribution in [2.24, 2.45) is 0 Å². The number of phenols is 1. The van der Waals surface area contributed by atoms with Crippen LogP contribution >= 0.6 is 31.9 Å². The average Bonchev–Trinajstić information content (AvgIpc) is 2.45. The normalized spacial score (nSPS) is 12.3. The monoisotopic (exact) mass is 467 g/mol. The Morgan fingerprint density at radius 3 is 1.96 bits per heavy atom. The van der Waals surface area contributed by atoms with Crippen LogP contribution in [0.3, 0.4) is 0 Å². The zero-order chi connectivity index (χ0) is 19.0. The van der Waals surface area contributed by atoms with Crippen molar-refractivity contribution >= 4 is 37.5 Å². The van der Waals surface area contributed by atoms with Crippen molar-refractivity contribution in [1.29, 1.82) is 0 Å². The number of rotatable bonds is 3. The number of hydrogen-bond donors (Lipinski definition) is 2. The Morgan fingerprint density at radius 1 is 0.920 bits per heavy atom. The number of benzene rings is 2. The van der Waals surface area contributed by atoms with Crippen LogP contribution in [0.1, 0.15) is 58.2 Å². The van der Waals surface area contributed by atoms with Crippen LogP contribution in [0, 0.1) is 0 Å². The minimum Gasteiger partial charge on any atom is -0.507 e. The molecule has 0 atom stereocenters. The van der Waals surface area contributed by atoms with E-state index < -0.39 is 0 Å². The van der Waals surface area contributed by atoms with Crippen molar-refractivity contribution in [2.75, 3.05) is 5.32 Å². The van der Waals surface area contributed by atoms with Crippen molar-refractivity contribution in [3.63, 3.8) is 0 Å². The van der Waals surface area contributed by atoms with E-state index in [2.05, 4.69) is 90.9 Å². The molecule has 0 fully saturated rings. The molecule has 0 saturated heterocycles. The molecule has 2 rings (SSSR count). The first-order chi connectivity index (χ1) is 11.4. The Labute approximate surface area is 168 Å². The number of anilines is 1. The van der Waals surface area contributed by atoms with Gasteiger partial charge < -0.3 is 10.4 Å². The average molecular weight is 469 g/mol. The van der Waals surface area contributed by atoms with Crippen molar-refractivity contribution in [3.8, 4) is 5.75 Å². The fraction of sp³-hybridized carbons (Fsp3) is 0.429. The summed E-state index contributed by atoms with van der Waals surface area (Å²) >= 11 is 7.15. The molecule has 0 amide bonds. The summed E-state index contributed by atoms with van der Waals surface area (Å²) in [5.41, 5.74) is 4.03. The molecule has 2 aromatic carbocycles. The zero-order valence-corrected chi connectivity index (χ0v) is 19.0. The lowest BCUT2D eigenvalue weighted by Crippen LogP contribution is -2.18. The summed E-state index contributed by atoms with van der Waals surface area (Å²) in [4.78, 5) is 0. The summed E-state index contributed by atoms with van der Waals surface area (Å²) in [5.74, 6) is 0.385. The Kier molecular flexibility index (Phi) is 5.95. The second-order valence-corrected chi connectivity index (χ2v) is 10.2. The van der Waals surface area contributed by atoms with Gasteiger partial charge in [0.1, 0.15) is 5.75 Å². The van der Waals surface area contributed by atoms with E-state index >= 15 is 0 Å². The first-order valence-corrected chi connectivity index (χ1v) is 10.0. The Bertz CT molecular complexity index is 750. The van der Waals surface area contributed by atoms with Gasteiger partial charge in [-0.1, -0.05) is 53.7 Å². The molecule has 2 nitrogen and oxygen atoms in total. The molecule has 0 saturated carbocycles. The molecule has 0 unspecified atom stereocenters. The molecule has 0 heterocycles. The molecule has 0 aromatic heterocycles. The number of para-hydroxylation sites is 1. The van der Waals surface area contributed by atoms with E-state index in [9.17, 15) is 5.11 Å². The van der Waals surface area contributed by atoms with Crippen molar-refractivity contribution in [1.82, 2.24) is 0 Å². The largest absolute Gasteiger partial charge is 0.507 e. The molecule has 0 spiro atoms. The third-order valence-corrected chi connectivity index (χ3v) is 5.60. The van der Waals surface area contributed by atoms with Crippen LogP contribution in [0.25, 0.3) is 0 Å². The van der Waals surface area contributed by atoms with Gasteiger partial charge in [-0.25, -0.2) is 0 Å². The van der Waals surface area contributed by atoms with Crippen LogP contribution in [0.4, 0.5) is 5.69 Å². The van der Waals surface area contributed by atoms with E-state index in [4.69, 9.17) is 0 Å². The highest BCUT2D eigenvalue weighted by Gasteiger charge is 2.24. The Morgan fingerprint density at radius 2 is 1.48 bits per heavy atom. The summed E-state index contributed by atoms with van der Waals surface area (Å²) in [6, 6.07) is 10.2. The van der Waals surface area contributed by atoms with Crippen LogP contribution in [0.5, 0.6) is 5.75 Å². The SMILES string of the molecule is CC(C)(C)c1cc(CNc2c(Br)cccc2Br)c(O)c(C(C)(C)C)c1. The molecule has 4 heteroatoms. The first-order valence-electron chi connectivity index (χ1n) is 8.46. The molecule has 2 aromatic rings. The fourth-order valence-corrected chi connectivity index (χ4v) is 3.96. The number of nitrogens with one attached hydrogen (secondary N) is 1. The lowest BCUT2D eigenvalue weighted by molar-refractivity contribution is 0.439. The topological polar surface area (TPSA) is 32.3 Å². The van der Waals surface area contributed by atoms with Crippen molar-refractivity contribution in [3.05, 3.63) is 56.0 Å². The quantitative estimate of drug-likeness (QED) is 0.502. The summed E-state index contributed by atoms with van der Waals surface area (Å²) in [6.07, 6.45) is 0. The molecule has 0 bridgehead atoms. The molecule has 0 aliphatic rings. The summed E-state index contributed by atoms with van der Waals surface area (Å²) in [5, 5.41) is 14.3. The van der Waals surface area contributed by atoms with Gasteiger partial charge in [0.15, 0.2) is 0 Å². The maximum Gasteiger partial charge on any atom is 0.124 e. The first kappa shape index (κ1) is 20.3. The van der Waals surface area contributed by atoms with Crippen LogP contribution in [0.15, 0.2) is 39.3 Å². The van der Waals surface area contributed by atoms with Crippen LogP contribution in [-0.2, 0) is 17.4 Å². The van der Waals surface area contributed by atoms with E-state index in [1.807, 2.05) is 18.2 Å². The third kappa shape index (κ3) is 4.79. The molecular weight excluding hydrogens is 442 g/mol. The van der Waals surface area contributed by atoms with E-state index in [0.29, 0.717) is 12.3 Å². The van der Waals surface area contributed by atoms with Crippen LogP contribution < -0.4 is 5.32 Å². The van der Waals surface area contributed by atoms with E-state index in [-0.39, 0.29) is 10.8 Å².